The van der Waals surface area contributed by atoms with E-state index < -0.39 is 39.7 Å². The maximum absolute atomic E-state index is 14.1. The average Bonchev–Trinajstić information content (AvgIpc) is 3.03. The highest BCUT2D eigenvalue weighted by Crippen LogP contribution is 2.70. The van der Waals surface area contributed by atoms with E-state index in [0.29, 0.717) is 30.4 Å². The van der Waals surface area contributed by atoms with Gasteiger partial charge in [-0.1, -0.05) is 48.5 Å². The summed E-state index contributed by atoms with van der Waals surface area (Å²) in [6.07, 6.45) is 1.19. The Labute approximate surface area is 226 Å². The molecule has 1 N–H and O–H groups in total. The maximum atomic E-state index is 14.1. The predicted molar refractivity (Wildman–Crippen MR) is 141 cm³/mol. The summed E-state index contributed by atoms with van der Waals surface area (Å²) >= 11 is 0. The van der Waals surface area contributed by atoms with Gasteiger partial charge in [-0.05, 0) is 36.0 Å². The van der Waals surface area contributed by atoms with Crippen molar-refractivity contribution in [3.8, 4) is 0 Å². The molecule has 7 heteroatoms. The fourth-order valence-electron chi connectivity index (χ4n) is 9.12. The molecule has 0 spiro atoms. The Balaban J connectivity index is 1.72. The van der Waals surface area contributed by atoms with E-state index >= 15 is 0 Å². The second-order valence-corrected chi connectivity index (χ2v) is 13.9. The van der Waals surface area contributed by atoms with Crippen LogP contribution in [0.5, 0.6) is 0 Å². The van der Waals surface area contributed by atoms with Crippen molar-refractivity contribution in [3.63, 3.8) is 0 Å². The lowest BCUT2D eigenvalue weighted by atomic mass is 9.42. The highest BCUT2D eigenvalue weighted by atomic mass is 16.5. The van der Waals surface area contributed by atoms with Crippen LogP contribution in [0.1, 0.15) is 93.4 Å². The molecule has 0 aromatic heterocycles. The monoisotopic (exact) mass is 528 g/mol. The van der Waals surface area contributed by atoms with Crippen LogP contribution in [0.4, 0.5) is 0 Å². The summed E-state index contributed by atoms with van der Waals surface area (Å²) in [5.41, 5.74) is -1.88. The van der Waals surface area contributed by atoms with Gasteiger partial charge < -0.3 is 9.84 Å². The SMILES string of the molecule is COC(=O)C(C)CC(=O)C[C@@H](C)[C@H]1C[C@H](O)[C@@]2(C)C3=C(C(=O)C[C@]12C)[C@@]1(C)CCC(=O)C(C)(C)[C@@H]1CC3=O. The molecule has 4 rings (SSSR count). The number of Topliss-reactive ketones (excluding diaryl/α,β-unsaturated/α-hetero) is 4. The molecule has 0 aromatic rings. The van der Waals surface area contributed by atoms with Gasteiger partial charge in [0.15, 0.2) is 11.6 Å². The van der Waals surface area contributed by atoms with Crippen LogP contribution in [0.25, 0.3) is 0 Å². The molecule has 7 nitrogen and oxygen atoms in total. The zero-order chi connectivity index (χ0) is 28.6. The van der Waals surface area contributed by atoms with Gasteiger partial charge in [0.1, 0.15) is 11.6 Å². The Morgan fingerprint density at radius 2 is 1.63 bits per heavy atom. The minimum absolute atomic E-state index is 0.0531. The smallest absolute Gasteiger partial charge is 0.308 e. The molecule has 38 heavy (non-hydrogen) atoms. The van der Waals surface area contributed by atoms with Crippen molar-refractivity contribution in [1.82, 2.24) is 0 Å². The normalized spacial score (nSPS) is 39.7. The molecule has 8 atom stereocenters. The zero-order valence-corrected chi connectivity index (χ0v) is 24.2. The molecular formula is C31H44O7. The first-order valence-corrected chi connectivity index (χ1v) is 14.1. The van der Waals surface area contributed by atoms with E-state index in [0.717, 1.165) is 0 Å². The lowest BCUT2D eigenvalue weighted by Crippen LogP contribution is -2.59. The van der Waals surface area contributed by atoms with E-state index in [9.17, 15) is 29.1 Å². The van der Waals surface area contributed by atoms with Crippen LogP contribution in [0.2, 0.25) is 0 Å². The molecule has 4 aliphatic rings. The minimum Gasteiger partial charge on any atom is -0.469 e. The third kappa shape index (κ3) is 3.82. The Morgan fingerprint density at radius 1 is 1.00 bits per heavy atom. The molecule has 210 valence electrons. The van der Waals surface area contributed by atoms with Gasteiger partial charge in [0, 0.05) is 59.5 Å². The van der Waals surface area contributed by atoms with E-state index in [1.54, 1.807) is 6.92 Å². The van der Waals surface area contributed by atoms with Crippen LogP contribution in [0.3, 0.4) is 0 Å². The fraction of sp³-hybridized carbons (Fsp3) is 0.774. The van der Waals surface area contributed by atoms with Gasteiger partial charge in [0.25, 0.3) is 0 Å². The van der Waals surface area contributed by atoms with Crippen LogP contribution >= 0.6 is 0 Å². The molecular weight excluding hydrogens is 484 g/mol. The summed E-state index contributed by atoms with van der Waals surface area (Å²) in [6, 6.07) is 0. The van der Waals surface area contributed by atoms with Crippen molar-refractivity contribution in [1.29, 1.82) is 0 Å². The van der Waals surface area contributed by atoms with Crippen molar-refractivity contribution < 1.29 is 33.8 Å². The summed E-state index contributed by atoms with van der Waals surface area (Å²) in [5, 5.41) is 11.6. The molecule has 0 aromatic carbocycles. The van der Waals surface area contributed by atoms with E-state index in [2.05, 4.69) is 0 Å². The van der Waals surface area contributed by atoms with E-state index in [1.165, 1.54) is 7.11 Å². The standard InChI is InChI=1S/C31H44O7/c1-16(11-18(32)12-17(2)27(37)38-8)19-13-24(36)31(7)26-20(33)14-22-28(3,4)23(35)9-10-29(22,5)25(26)21(34)15-30(19,31)6/h16-17,19,22,24,36H,9-15H2,1-8H3/t16-,17?,19-,22+,24+,29+,30-,31+/m1/s1. The summed E-state index contributed by atoms with van der Waals surface area (Å²) < 4.78 is 4.75. The van der Waals surface area contributed by atoms with Crippen LogP contribution in [0.15, 0.2) is 11.1 Å². The quantitative estimate of drug-likeness (QED) is 0.507. The van der Waals surface area contributed by atoms with Crippen LogP contribution in [0, 0.1) is 45.3 Å². The van der Waals surface area contributed by atoms with Crippen LogP contribution < -0.4 is 0 Å². The number of esters is 1. The van der Waals surface area contributed by atoms with Crippen molar-refractivity contribution in [2.45, 2.75) is 99.5 Å². The first-order valence-electron chi connectivity index (χ1n) is 14.1. The number of ether oxygens (including phenoxy) is 1. The van der Waals surface area contributed by atoms with Gasteiger partial charge in [-0.15, -0.1) is 0 Å². The molecule has 0 aliphatic heterocycles. The topological polar surface area (TPSA) is 115 Å². The molecule has 0 radical (unpaired) electrons. The van der Waals surface area contributed by atoms with E-state index in [-0.39, 0.29) is 66.6 Å². The number of rotatable bonds is 6. The molecule has 4 aliphatic carbocycles. The summed E-state index contributed by atoms with van der Waals surface area (Å²) in [5.74, 6) is -1.59. The fourth-order valence-corrected chi connectivity index (χ4v) is 9.12. The molecule has 2 saturated carbocycles. The number of hydrogen-bond donors (Lipinski definition) is 1. The molecule has 1 unspecified atom stereocenters. The summed E-state index contributed by atoms with van der Waals surface area (Å²) in [7, 11) is 1.30. The maximum Gasteiger partial charge on any atom is 0.308 e. The lowest BCUT2D eigenvalue weighted by Gasteiger charge is -2.59. The Bertz CT molecular complexity index is 1130. The zero-order valence-electron chi connectivity index (χ0n) is 24.2. The number of carbonyl (C=O) groups is 5. The van der Waals surface area contributed by atoms with Gasteiger partial charge in [-0.2, -0.15) is 0 Å². The predicted octanol–water partition coefficient (Wildman–Crippen LogP) is 4.43. The first kappa shape index (κ1) is 28.8. The van der Waals surface area contributed by atoms with Crippen molar-refractivity contribution in [2.24, 2.45) is 45.3 Å². The van der Waals surface area contributed by atoms with Gasteiger partial charge in [0.2, 0.25) is 0 Å². The number of allylic oxidation sites excluding steroid dienone is 1. The van der Waals surface area contributed by atoms with Crippen molar-refractivity contribution in [3.05, 3.63) is 11.1 Å². The molecule has 0 heterocycles. The summed E-state index contributed by atoms with van der Waals surface area (Å²) in [6.45, 7) is 13.4. The minimum atomic E-state index is -0.922. The number of aliphatic hydroxyl groups excluding tert-OH is 1. The third-order valence-electron chi connectivity index (χ3n) is 11.6. The van der Waals surface area contributed by atoms with Gasteiger partial charge in [-0.3, -0.25) is 24.0 Å². The number of ketones is 4. The highest BCUT2D eigenvalue weighted by Gasteiger charge is 2.70. The molecule has 2 fully saturated rings. The Hall–Kier alpha value is -2.15. The Morgan fingerprint density at radius 3 is 2.24 bits per heavy atom. The molecule has 0 amide bonds. The second kappa shape index (κ2) is 9.21. The molecule has 0 saturated heterocycles. The van der Waals surface area contributed by atoms with E-state index in [4.69, 9.17) is 4.74 Å². The number of hydrogen-bond acceptors (Lipinski definition) is 7. The average molecular weight is 529 g/mol. The first-order chi connectivity index (χ1) is 17.5. The summed E-state index contributed by atoms with van der Waals surface area (Å²) in [4.78, 5) is 65.5. The second-order valence-electron chi connectivity index (χ2n) is 13.9. The van der Waals surface area contributed by atoms with Crippen LogP contribution in [-0.4, -0.2) is 47.4 Å². The van der Waals surface area contributed by atoms with Gasteiger partial charge in [-0.25, -0.2) is 0 Å². The van der Waals surface area contributed by atoms with Gasteiger partial charge >= 0.3 is 5.97 Å². The molecule has 0 bridgehead atoms. The van der Waals surface area contributed by atoms with Crippen LogP contribution in [-0.2, 0) is 28.7 Å². The van der Waals surface area contributed by atoms with Crippen molar-refractivity contribution in [2.75, 3.05) is 7.11 Å². The number of fused-ring (bicyclic) bond motifs is 4. The third-order valence-corrected chi connectivity index (χ3v) is 11.6. The van der Waals surface area contributed by atoms with Crippen molar-refractivity contribution >= 4 is 29.1 Å². The Kier molecular flexibility index (Phi) is 6.99. The number of methoxy groups -OCH3 is 1. The number of carbonyl (C=O) groups excluding carboxylic acids is 5. The van der Waals surface area contributed by atoms with Gasteiger partial charge in [0.05, 0.1) is 19.1 Å². The highest BCUT2D eigenvalue weighted by molar-refractivity contribution is 6.12. The number of aliphatic hydroxyl groups is 1. The lowest BCUT2D eigenvalue weighted by molar-refractivity contribution is -0.147. The van der Waals surface area contributed by atoms with E-state index in [1.807, 2.05) is 41.5 Å². The largest absolute Gasteiger partial charge is 0.469 e.